The van der Waals surface area contributed by atoms with Crippen LogP contribution in [0.4, 0.5) is 14.5 Å². The summed E-state index contributed by atoms with van der Waals surface area (Å²) in [5.74, 6) is -2.73. The van der Waals surface area contributed by atoms with Gasteiger partial charge < -0.3 is 54.6 Å². The second-order valence-corrected chi connectivity index (χ2v) is 21.4. The Labute approximate surface area is 555 Å². The van der Waals surface area contributed by atoms with E-state index in [4.69, 9.17) is 18.9 Å². The van der Waals surface area contributed by atoms with Gasteiger partial charge in [-0.15, -0.1) is 0 Å². The zero-order chi connectivity index (χ0) is 66.9. The Morgan fingerprint density at radius 1 is 0.663 bits per heavy atom. The summed E-state index contributed by atoms with van der Waals surface area (Å²) in [7, 11) is 3.06. The molecule has 0 bridgehead atoms. The van der Waals surface area contributed by atoms with Crippen LogP contribution in [-0.4, -0.2) is 144 Å². The third-order valence-corrected chi connectivity index (χ3v) is 15.8. The summed E-state index contributed by atoms with van der Waals surface area (Å²) in [6.07, 6.45) is 3.24. The number of fused-ring (bicyclic) bond motifs is 2. The van der Waals surface area contributed by atoms with E-state index >= 15 is 0 Å². The molecule has 0 aliphatic carbocycles. The number of benzene rings is 5. The largest absolute Gasteiger partial charge is 0.497 e. The predicted octanol–water partition coefficient (Wildman–Crippen LogP) is 12.5. The smallest absolute Gasteiger partial charge is 0.346 e. The van der Waals surface area contributed by atoms with E-state index in [1.807, 2.05) is 6.92 Å². The average Bonchev–Trinajstić information content (AvgIpc) is 1.63. The Bertz CT molecular complexity index is 3970. The standard InChI is InChI=1S/C31H35FN4O5.C23H29FN4O3.C16H14O4.3CH4/c1-6-35(7-2)15-14-33-29(37)28-19(3)26(34-20(28)4)17-25-24-16-22(32)10-13-27(24)36(30(25)38)18-41-31(39)21-8-11-23(40-5)12-9-21;1-5-27(6-2)10-9-25-22(30)21-14(3)19(26-15(21)4)12-18-17-11-16(24)7-8-20(17)28(13-29)23(18)31;1-11-3-5-12(6-4-11)15(17)20-16(18)13-7-9-14(19-2)10-8-13;;;/h8-13,16-17,34H,6-7,14-15,18H2,1-5H3,(H,33,37);7-8,11-12,29,31H,5-6,9-10,13H2,1-4H3,(H,25,30);3-10H,1-2H3;3*1H4/b25-17-;;;;;. The minimum Gasteiger partial charge on any atom is -0.497 e. The molecule has 0 saturated carbocycles. The highest BCUT2D eigenvalue weighted by Crippen LogP contribution is 2.40. The van der Waals surface area contributed by atoms with Gasteiger partial charge in [0.05, 0.1) is 70.2 Å². The SMILES string of the molecule is C.C.C.CCN(CC)CCNC(=O)C1=C(C)C(=Cc2c(O)n(CO)c3ccc(F)cc23)N=C1C.CCN(CC)CCNC(=O)c1c(C)[nH]c(/C=C2\C(=O)N(COC(=O)c3ccc(OC)cc3)c3ccc(F)cc32)c1C.COc1ccc(C(=O)OC(=O)c2ccc(C)cc2)cc1. The van der Waals surface area contributed by atoms with Gasteiger partial charge in [0.1, 0.15) is 29.9 Å². The van der Waals surface area contributed by atoms with Crippen molar-refractivity contribution >= 4 is 75.7 Å². The third-order valence-electron chi connectivity index (χ3n) is 15.8. The monoisotopic (exact) mass is 1310 g/mol. The number of nitrogens with zero attached hydrogens (tertiary/aromatic N) is 5. The number of esters is 3. The van der Waals surface area contributed by atoms with Gasteiger partial charge in [0.25, 0.3) is 17.7 Å². The molecule has 0 saturated heterocycles. The van der Waals surface area contributed by atoms with Crippen molar-refractivity contribution in [1.29, 1.82) is 0 Å². The second-order valence-electron chi connectivity index (χ2n) is 21.4. The van der Waals surface area contributed by atoms with Gasteiger partial charge in [0.2, 0.25) is 5.88 Å². The van der Waals surface area contributed by atoms with Crippen molar-refractivity contribution in [3.05, 3.63) is 194 Å². The molecule has 7 aromatic rings. The van der Waals surface area contributed by atoms with Crippen LogP contribution in [-0.2, 0) is 25.8 Å². The van der Waals surface area contributed by atoms with Gasteiger partial charge in [0.15, 0.2) is 6.73 Å². The van der Waals surface area contributed by atoms with Crippen LogP contribution in [0.15, 0.2) is 131 Å². The zero-order valence-electron chi connectivity index (χ0n) is 53.6. The molecule has 0 radical (unpaired) electrons. The first-order chi connectivity index (χ1) is 44.1. The molecular weight excluding hydrogens is 1220 g/mol. The summed E-state index contributed by atoms with van der Waals surface area (Å²) in [6.45, 7) is 22.8. The number of ether oxygens (including phenoxy) is 4. The van der Waals surface area contributed by atoms with Gasteiger partial charge in [-0.3, -0.25) is 28.8 Å². The summed E-state index contributed by atoms with van der Waals surface area (Å²) < 4.78 is 49.8. The number of aliphatic hydroxyl groups is 1. The maximum absolute atomic E-state index is 14.3. The van der Waals surface area contributed by atoms with Crippen molar-refractivity contribution in [2.24, 2.45) is 4.99 Å². The molecule has 4 heterocycles. The summed E-state index contributed by atoms with van der Waals surface area (Å²) in [4.78, 5) is 89.0. The fraction of sp³-hybridized carbons (Fsp3) is 0.329. The normalized spacial score (nSPS) is 13.0. The Kier molecular flexibility index (Phi) is 29.2. The molecule has 5 N–H and O–H groups in total. The molecule has 0 fully saturated rings. The molecule has 508 valence electrons. The lowest BCUT2D eigenvalue weighted by Gasteiger charge is -2.18. The Balaban J connectivity index is 0.000000316. The van der Waals surface area contributed by atoms with E-state index in [0.29, 0.717) is 114 Å². The maximum Gasteiger partial charge on any atom is 0.346 e. The number of aryl methyl sites for hydroxylation is 2. The zero-order valence-corrected chi connectivity index (χ0v) is 53.6. The Hall–Kier alpha value is -10.0. The first-order valence-electron chi connectivity index (χ1n) is 30.0. The van der Waals surface area contributed by atoms with E-state index in [9.17, 15) is 47.8 Å². The molecule has 0 spiro atoms. The third kappa shape index (κ3) is 18.9. The van der Waals surface area contributed by atoms with Crippen LogP contribution in [0.3, 0.4) is 0 Å². The summed E-state index contributed by atoms with van der Waals surface area (Å²) in [6, 6.07) is 27.7. The molecule has 2 aromatic heterocycles. The number of carbonyl (C=O) groups excluding carboxylic acids is 6. The number of allylic oxidation sites excluding steroid dienone is 1. The molecule has 9 rings (SSSR count). The molecule has 5 aromatic carbocycles. The van der Waals surface area contributed by atoms with Crippen molar-refractivity contribution in [1.82, 2.24) is 30.0 Å². The number of aliphatic imine (C=N–C) groups is 1. The Morgan fingerprint density at radius 3 is 1.69 bits per heavy atom. The van der Waals surface area contributed by atoms with Crippen molar-refractivity contribution in [2.45, 2.75) is 91.3 Å². The fourth-order valence-corrected chi connectivity index (χ4v) is 10.4. The van der Waals surface area contributed by atoms with E-state index in [2.05, 4.69) is 58.1 Å². The highest BCUT2D eigenvalue weighted by molar-refractivity contribution is 6.36. The van der Waals surface area contributed by atoms with E-state index in [1.165, 1.54) is 60.1 Å². The lowest BCUT2D eigenvalue weighted by Crippen LogP contribution is -2.36. The predicted molar refractivity (Wildman–Crippen MR) is 370 cm³/mol. The Morgan fingerprint density at radius 2 is 1.17 bits per heavy atom. The number of H-pyrrole nitrogens is 1. The number of aliphatic hydroxyl groups excluding tert-OH is 1. The van der Waals surface area contributed by atoms with Gasteiger partial charge in [-0.25, -0.2) is 23.2 Å². The first-order valence-corrected chi connectivity index (χ1v) is 30.0. The average molecular weight is 1310 g/mol. The number of nitrogens with one attached hydrogen (secondary N) is 3. The molecule has 0 unspecified atom stereocenters. The molecule has 3 amide bonds. The number of aromatic amines is 1. The molecule has 22 heteroatoms. The van der Waals surface area contributed by atoms with E-state index in [0.717, 1.165) is 44.8 Å². The number of hydrogen-bond acceptors (Lipinski definition) is 15. The first kappa shape index (κ1) is 77.4. The van der Waals surface area contributed by atoms with E-state index < -0.39 is 42.2 Å². The number of hydrogen-bond donors (Lipinski definition) is 5. The highest BCUT2D eigenvalue weighted by Gasteiger charge is 2.35. The van der Waals surface area contributed by atoms with Crippen LogP contribution in [0.1, 0.15) is 139 Å². The fourth-order valence-electron chi connectivity index (χ4n) is 10.4. The topological polar surface area (TPSA) is 247 Å². The van der Waals surface area contributed by atoms with Gasteiger partial charge >= 0.3 is 17.9 Å². The number of anilines is 1. The number of carbonyl (C=O) groups is 6. The van der Waals surface area contributed by atoms with Crippen molar-refractivity contribution in [3.8, 4) is 17.4 Å². The summed E-state index contributed by atoms with van der Waals surface area (Å²) in [5.41, 5.74) is 8.50. The number of aromatic nitrogens is 2. The number of likely N-dealkylation sites (N-methyl/N-ethyl adjacent to an activating group) is 2. The molecule has 2 aliphatic heterocycles. The minimum atomic E-state index is -0.682. The van der Waals surface area contributed by atoms with Crippen LogP contribution >= 0.6 is 0 Å². The lowest BCUT2D eigenvalue weighted by atomic mass is 10.0. The van der Waals surface area contributed by atoms with Crippen molar-refractivity contribution in [2.75, 3.05) is 78.2 Å². The number of methoxy groups -OCH3 is 2. The maximum atomic E-state index is 14.3. The van der Waals surface area contributed by atoms with Gasteiger partial charge in [-0.05, 0) is 181 Å². The summed E-state index contributed by atoms with van der Waals surface area (Å²) in [5, 5.41) is 26.6. The van der Waals surface area contributed by atoms with Gasteiger partial charge in [0, 0.05) is 54.1 Å². The van der Waals surface area contributed by atoms with E-state index in [-0.39, 0.29) is 52.3 Å². The van der Waals surface area contributed by atoms with Crippen LogP contribution in [0.5, 0.6) is 17.4 Å². The van der Waals surface area contributed by atoms with Crippen LogP contribution < -0.4 is 25.0 Å². The highest BCUT2D eigenvalue weighted by atomic mass is 19.1. The van der Waals surface area contributed by atoms with Gasteiger partial charge in [-0.2, -0.15) is 0 Å². The number of rotatable bonds is 22. The quantitative estimate of drug-likeness (QED) is 0.0241. The van der Waals surface area contributed by atoms with Crippen LogP contribution in [0, 0.1) is 32.4 Å². The summed E-state index contributed by atoms with van der Waals surface area (Å²) >= 11 is 0. The van der Waals surface area contributed by atoms with Crippen molar-refractivity contribution < 1.29 is 66.7 Å². The van der Waals surface area contributed by atoms with Gasteiger partial charge in [-0.1, -0.05) is 67.7 Å². The molecule has 2 aliphatic rings. The number of halogens is 2. The lowest BCUT2D eigenvalue weighted by molar-refractivity contribution is -0.117. The van der Waals surface area contributed by atoms with Crippen LogP contribution in [0.25, 0.3) is 28.6 Å². The number of amides is 3. The van der Waals surface area contributed by atoms with Crippen molar-refractivity contribution in [3.63, 3.8) is 0 Å². The molecular formula is C73H90F2N8O12. The second kappa shape index (κ2) is 35.9. The molecule has 0 atom stereocenters. The van der Waals surface area contributed by atoms with Crippen LogP contribution in [0.2, 0.25) is 0 Å². The van der Waals surface area contributed by atoms with E-state index in [1.54, 1.807) is 113 Å². The molecule has 95 heavy (non-hydrogen) atoms. The number of aromatic hydroxyl groups is 1. The molecule has 20 nitrogen and oxygen atoms in total. The minimum absolute atomic E-state index is 0.